The molecule has 1 heterocycles. The van der Waals surface area contributed by atoms with E-state index in [1.807, 2.05) is 0 Å². The molecule has 0 atom stereocenters. The summed E-state index contributed by atoms with van der Waals surface area (Å²) in [5.41, 5.74) is -0.320. The third-order valence-corrected chi connectivity index (χ3v) is 2.81. The molecule has 0 aliphatic carbocycles. The van der Waals surface area contributed by atoms with E-state index in [1.54, 1.807) is 6.92 Å². The van der Waals surface area contributed by atoms with Gasteiger partial charge in [0.25, 0.3) is 5.91 Å². The van der Waals surface area contributed by atoms with E-state index in [9.17, 15) is 22.8 Å². The predicted molar refractivity (Wildman–Crippen MR) is 70.6 cm³/mol. The minimum absolute atomic E-state index is 0.150. The second-order valence-electron chi connectivity index (χ2n) is 4.23. The van der Waals surface area contributed by atoms with Gasteiger partial charge in [-0.25, -0.2) is 13.2 Å². The number of rotatable bonds is 4. The van der Waals surface area contributed by atoms with Gasteiger partial charge >= 0.3 is 5.97 Å². The first kappa shape index (κ1) is 15.7. The van der Waals surface area contributed by atoms with Gasteiger partial charge in [0.2, 0.25) is 0 Å². The summed E-state index contributed by atoms with van der Waals surface area (Å²) in [6.07, 6.45) is 1.09. The van der Waals surface area contributed by atoms with Gasteiger partial charge in [0.15, 0.2) is 17.5 Å². The number of nitrogens with zero attached hydrogens (tertiary/aromatic N) is 1. The van der Waals surface area contributed by atoms with Crippen LogP contribution in [0.5, 0.6) is 0 Å². The molecule has 0 saturated heterocycles. The van der Waals surface area contributed by atoms with Crippen LogP contribution >= 0.6 is 0 Å². The Kier molecular flexibility index (Phi) is 4.59. The molecule has 0 aliphatic rings. The van der Waals surface area contributed by atoms with Crippen LogP contribution in [-0.4, -0.2) is 30.0 Å². The van der Waals surface area contributed by atoms with Crippen LogP contribution in [0.3, 0.4) is 0 Å². The summed E-state index contributed by atoms with van der Waals surface area (Å²) in [5.74, 6) is -5.96. The van der Waals surface area contributed by atoms with Crippen molar-refractivity contribution in [1.29, 1.82) is 0 Å². The fraction of sp³-hybridized carbons (Fsp3) is 0.214. The Balaban J connectivity index is 2.35. The molecule has 1 N–H and O–H groups in total. The maximum atomic E-state index is 13.7. The molecule has 5 nitrogen and oxygen atoms in total. The number of benzene rings is 1. The van der Waals surface area contributed by atoms with E-state index in [1.165, 1.54) is 0 Å². The Hall–Kier alpha value is -2.64. The molecule has 2 rings (SSSR count). The Morgan fingerprint density at radius 3 is 2.64 bits per heavy atom. The quantitative estimate of drug-likeness (QED) is 0.692. The Morgan fingerprint density at radius 2 is 1.95 bits per heavy atom. The molecular weight excluding hydrogens is 301 g/mol. The molecule has 22 heavy (non-hydrogen) atoms. The molecule has 0 spiro atoms. The normalized spacial score (nSPS) is 10.5. The number of fused-ring (bicyclic) bond motifs is 1. The van der Waals surface area contributed by atoms with E-state index >= 15 is 0 Å². The standard InChI is InChI=1S/C14H11F3N2O3/c1-2-22-10(20)6-19-14(21)13-8-5-9(15)12(17)11(16)7(8)3-4-18-13/h3-5H,2,6H2,1H3,(H,19,21). The topological polar surface area (TPSA) is 68.3 Å². The Labute approximate surface area is 123 Å². The highest BCUT2D eigenvalue weighted by Crippen LogP contribution is 2.24. The van der Waals surface area contributed by atoms with Gasteiger partial charge in [0.1, 0.15) is 12.2 Å². The highest BCUT2D eigenvalue weighted by molar-refractivity contribution is 6.06. The summed E-state index contributed by atoms with van der Waals surface area (Å²) in [7, 11) is 0. The summed E-state index contributed by atoms with van der Waals surface area (Å²) < 4.78 is 44.8. The molecule has 1 aromatic heterocycles. The van der Waals surface area contributed by atoms with E-state index < -0.39 is 35.9 Å². The average molecular weight is 312 g/mol. The van der Waals surface area contributed by atoms with Crippen molar-refractivity contribution in [2.75, 3.05) is 13.2 Å². The molecule has 2 aromatic rings. The third kappa shape index (κ3) is 3.00. The zero-order valence-corrected chi connectivity index (χ0v) is 11.5. The molecule has 0 saturated carbocycles. The maximum Gasteiger partial charge on any atom is 0.325 e. The van der Waals surface area contributed by atoms with Crippen molar-refractivity contribution in [3.63, 3.8) is 0 Å². The maximum absolute atomic E-state index is 13.7. The second kappa shape index (κ2) is 6.42. The first-order chi connectivity index (χ1) is 10.5. The number of hydrogen-bond acceptors (Lipinski definition) is 4. The zero-order chi connectivity index (χ0) is 16.3. The lowest BCUT2D eigenvalue weighted by Crippen LogP contribution is -2.31. The lowest BCUT2D eigenvalue weighted by molar-refractivity contribution is -0.141. The molecule has 0 aliphatic heterocycles. The fourth-order valence-corrected chi connectivity index (χ4v) is 1.85. The minimum Gasteiger partial charge on any atom is -0.465 e. The van der Waals surface area contributed by atoms with Gasteiger partial charge < -0.3 is 10.1 Å². The molecule has 0 fully saturated rings. The molecule has 1 aromatic carbocycles. The van der Waals surface area contributed by atoms with Crippen molar-refractivity contribution in [2.45, 2.75) is 6.92 Å². The van der Waals surface area contributed by atoms with Gasteiger partial charge in [-0.05, 0) is 19.1 Å². The molecule has 0 bridgehead atoms. The number of carbonyl (C=O) groups excluding carboxylic acids is 2. The highest BCUT2D eigenvalue weighted by Gasteiger charge is 2.19. The molecule has 116 valence electrons. The monoisotopic (exact) mass is 312 g/mol. The molecule has 0 radical (unpaired) electrons. The van der Waals surface area contributed by atoms with Crippen LogP contribution in [0.25, 0.3) is 10.8 Å². The Bertz CT molecular complexity index is 750. The number of carbonyl (C=O) groups is 2. The van der Waals surface area contributed by atoms with Crippen LogP contribution in [0.1, 0.15) is 17.4 Å². The minimum atomic E-state index is -1.63. The van der Waals surface area contributed by atoms with E-state index in [0.29, 0.717) is 6.07 Å². The number of ether oxygens (including phenoxy) is 1. The lowest BCUT2D eigenvalue weighted by atomic mass is 10.1. The first-order valence-corrected chi connectivity index (χ1v) is 6.31. The van der Waals surface area contributed by atoms with Crippen LogP contribution in [0.15, 0.2) is 18.3 Å². The lowest BCUT2D eigenvalue weighted by Gasteiger charge is -2.08. The fourth-order valence-electron chi connectivity index (χ4n) is 1.85. The molecule has 1 amide bonds. The number of pyridine rings is 1. The van der Waals surface area contributed by atoms with Crippen LogP contribution in [0, 0.1) is 17.5 Å². The van der Waals surface area contributed by atoms with Crippen molar-refractivity contribution in [3.05, 3.63) is 41.5 Å². The number of aromatic nitrogens is 1. The average Bonchev–Trinajstić information content (AvgIpc) is 2.50. The van der Waals surface area contributed by atoms with Gasteiger partial charge in [0.05, 0.1) is 6.61 Å². The number of hydrogen-bond donors (Lipinski definition) is 1. The second-order valence-corrected chi connectivity index (χ2v) is 4.23. The van der Waals surface area contributed by atoms with Crippen LogP contribution in [0.2, 0.25) is 0 Å². The number of nitrogens with one attached hydrogen (secondary N) is 1. The molecular formula is C14H11F3N2O3. The van der Waals surface area contributed by atoms with Crippen molar-refractivity contribution >= 4 is 22.6 Å². The van der Waals surface area contributed by atoms with Crippen LogP contribution in [0.4, 0.5) is 13.2 Å². The van der Waals surface area contributed by atoms with Gasteiger partial charge in [-0.15, -0.1) is 0 Å². The van der Waals surface area contributed by atoms with Crippen molar-refractivity contribution < 1.29 is 27.5 Å². The summed E-state index contributed by atoms with van der Waals surface area (Å²) in [5, 5.41) is 1.74. The predicted octanol–water partition coefficient (Wildman–Crippen LogP) is 1.95. The SMILES string of the molecule is CCOC(=O)CNC(=O)c1nccc2c(F)c(F)c(F)cc12. The number of amides is 1. The molecule has 0 unspecified atom stereocenters. The van der Waals surface area contributed by atoms with Crippen molar-refractivity contribution in [1.82, 2.24) is 10.3 Å². The smallest absolute Gasteiger partial charge is 0.325 e. The largest absolute Gasteiger partial charge is 0.465 e. The summed E-state index contributed by atoms with van der Waals surface area (Å²) in [6, 6.07) is 1.80. The van der Waals surface area contributed by atoms with Crippen LogP contribution in [-0.2, 0) is 9.53 Å². The van der Waals surface area contributed by atoms with Crippen LogP contribution < -0.4 is 5.32 Å². The van der Waals surface area contributed by atoms with Gasteiger partial charge in [-0.2, -0.15) is 0 Å². The van der Waals surface area contributed by atoms with Crippen molar-refractivity contribution in [3.8, 4) is 0 Å². The summed E-state index contributed by atoms with van der Waals surface area (Å²) in [4.78, 5) is 26.8. The van der Waals surface area contributed by atoms with E-state index in [0.717, 1.165) is 12.3 Å². The van der Waals surface area contributed by atoms with Gasteiger partial charge in [0, 0.05) is 17.0 Å². The number of esters is 1. The summed E-state index contributed by atoms with van der Waals surface area (Å²) >= 11 is 0. The third-order valence-electron chi connectivity index (χ3n) is 2.81. The van der Waals surface area contributed by atoms with E-state index in [-0.39, 0.29) is 23.1 Å². The molecule has 8 heteroatoms. The van der Waals surface area contributed by atoms with E-state index in [2.05, 4.69) is 15.0 Å². The first-order valence-electron chi connectivity index (χ1n) is 6.31. The Morgan fingerprint density at radius 1 is 1.23 bits per heavy atom. The van der Waals surface area contributed by atoms with E-state index in [4.69, 9.17) is 0 Å². The van der Waals surface area contributed by atoms with Crippen molar-refractivity contribution in [2.24, 2.45) is 0 Å². The zero-order valence-electron chi connectivity index (χ0n) is 11.5. The van der Waals surface area contributed by atoms with Gasteiger partial charge in [-0.3, -0.25) is 14.6 Å². The van der Waals surface area contributed by atoms with Gasteiger partial charge in [-0.1, -0.05) is 0 Å². The summed E-state index contributed by atoms with van der Waals surface area (Å²) in [6.45, 7) is 1.33. The highest BCUT2D eigenvalue weighted by atomic mass is 19.2. The number of halogens is 3.